The summed E-state index contributed by atoms with van der Waals surface area (Å²) in [5.41, 5.74) is -1.43. The molecule has 0 radical (unpaired) electrons. The van der Waals surface area contributed by atoms with Crippen LogP contribution in [0, 0.1) is 0 Å². The first-order valence-electron chi connectivity index (χ1n) is 6.68. The predicted molar refractivity (Wildman–Crippen MR) is 84.6 cm³/mol. The van der Waals surface area contributed by atoms with Crippen molar-refractivity contribution in [3.63, 3.8) is 0 Å². The van der Waals surface area contributed by atoms with E-state index in [1.807, 2.05) is 0 Å². The second-order valence-electron chi connectivity index (χ2n) is 5.08. The average Bonchev–Trinajstić information content (AvgIpc) is 2.95. The van der Waals surface area contributed by atoms with Gasteiger partial charge >= 0.3 is 5.97 Å². The number of carboxylic acid groups (broad SMARTS) is 1. The van der Waals surface area contributed by atoms with Crippen LogP contribution in [0.2, 0.25) is 10.0 Å². The summed E-state index contributed by atoms with van der Waals surface area (Å²) in [5, 5.41) is 10.4. The van der Waals surface area contributed by atoms with Gasteiger partial charge in [0.15, 0.2) is 11.5 Å². The summed E-state index contributed by atoms with van der Waals surface area (Å²) >= 11 is 12.1. The van der Waals surface area contributed by atoms with Gasteiger partial charge in [0.2, 0.25) is 12.4 Å². The van der Waals surface area contributed by atoms with Gasteiger partial charge in [-0.25, -0.2) is 4.79 Å². The average molecular weight is 355 g/mol. The van der Waals surface area contributed by atoms with E-state index >= 15 is 0 Å². The number of rotatable bonds is 4. The number of benzene rings is 2. The molecule has 7 heteroatoms. The molecule has 0 spiro atoms. The standard InChI is InChI=1S/C16H12Cl2O5/c1-16(15(19)20,23-10-4-2-9(17)3-5-10)11-6-13-14(7-12(11)18)22-8-21-13/h2-7H,8H2,1H3,(H,19,20). The van der Waals surface area contributed by atoms with Crippen molar-refractivity contribution < 1.29 is 24.1 Å². The van der Waals surface area contributed by atoms with E-state index in [0.717, 1.165) is 0 Å². The van der Waals surface area contributed by atoms with Crippen LogP contribution in [0.3, 0.4) is 0 Å². The zero-order valence-corrected chi connectivity index (χ0v) is 13.5. The molecular formula is C16H12Cl2O5. The smallest absolute Gasteiger partial charge is 0.352 e. The summed E-state index contributed by atoms with van der Waals surface area (Å²) in [6, 6.07) is 9.44. The van der Waals surface area contributed by atoms with Gasteiger partial charge in [-0.15, -0.1) is 0 Å². The molecule has 0 bridgehead atoms. The Hall–Kier alpha value is -2.11. The van der Waals surface area contributed by atoms with Crippen LogP contribution >= 0.6 is 23.2 Å². The van der Waals surface area contributed by atoms with Crippen molar-refractivity contribution >= 4 is 29.2 Å². The van der Waals surface area contributed by atoms with Gasteiger partial charge in [0.1, 0.15) is 5.75 Å². The molecule has 1 aliphatic heterocycles. The maximum atomic E-state index is 11.9. The molecule has 1 N–H and O–H groups in total. The van der Waals surface area contributed by atoms with Gasteiger partial charge in [-0.05, 0) is 37.3 Å². The summed E-state index contributed by atoms with van der Waals surface area (Å²) < 4.78 is 16.2. The molecule has 5 nitrogen and oxygen atoms in total. The minimum absolute atomic E-state index is 0.0664. The number of hydrogen-bond acceptors (Lipinski definition) is 4. The Morgan fingerprint density at radius 1 is 1.17 bits per heavy atom. The van der Waals surface area contributed by atoms with E-state index in [1.54, 1.807) is 24.3 Å². The lowest BCUT2D eigenvalue weighted by molar-refractivity contribution is -0.154. The van der Waals surface area contributed by atoms with Crippen molar-refractivity contribution in [2.75, 3.05) is 6.79 Å². The van der Waals surface area contributed by atoms with Crippen molar-refractivity contribution in [2.45, 2.75) is 12.5 Å². The molecule has 0 fully saturated rings. The van der Waals surface area contributed by atoms with Gasteiger partial charge in [0, 0.05) is 16.7 Å². The van der Waals surface area contributed by atoms with Crippen molar-refractivity contribution in [3.8, 4) is 17.2 Å². The fraction of sp³-hybridized carbons (Fsp3) is 0.188. The summed E-state index contributed by atoms with van der Waals surface area (Å²) in [7, 11) is 0. The third kappa shape index (κ3) is 2.90. The van der Waals surface area contributed by atoms with Crippen molar-refractivity contribution in [3.05, 3.63) is 52.0 Å². The largest absolute Gasteiger partial charge is 0.478 e. The summed E-state index contributed by atoms with van der Waals surface area (Å²) in [6.07, 6.45) is 0. The van der Waals surface area contributed by atoms with E-state index < -0.39 is 11.6 Å². The van der Waals surface area contributed by atoms with Crippen LogP contribution in [0.4, 0.5) is 0 Å². The molecule has 3 rings (SSSR count). The third-order valence-electron chi connectivity index (χ3n) is 3.52. The summed E-state index contributed by atoms with van der Waals surface area (Å²) in [6.45, 7) is 1.49. The van der Waals surface area contributed by atoms with E-state index in [2.05, 4.69) is 0 Å². The molecule has 0 saturated carbocycles. The first-order chi connectivity index (χ1) is 10.9. The first kappa shape index (κ1) is 15.8. The van der Waals surface area contributed by atoms with E-state index in [9.17, 15) is 9.90 Å². The third-order valence-corrected chi connectivity index (χ3v) is 4.08. The van der Waals surface area contributed by atoms with Crippen LogP contribution in [0.15, 0.2) is 36.4 Å². The fourth-order valence-corrected chi connectivity index (χ4v) is 2.69. The van der Waals surface area contributed by atoms with E-state index in [4.69, 9.17) is 37.4 Å². The molecule has 0 amide bonds. The SMILES string of the molecule is CC(Oc1ccc(Cl)cc1)(C(=O)O)c1cc2c(cc1Cl)OCO2. The number of ether oxygens (including phenoxy) is 3. The Morgan fingerprint density at radius 3 is 2.39 bits per heavy atom. The minimum Gasteiger partial charge on any atom is -0.478 e. The number of halogens is 2. The minimum atomic E-state index is -1.70. The Bertz CT molecular complexity index is 760. The molecule has 2 aromatic rings. The van der Waals surface area contributed by atoms with Gasteiger partial charge in [-0.3, -0.25) is 0 Å². The molecule has 1 unspecified atom stereocenters. The zero-order valence-electron chi connectivity index (χ0n) is 12.0. The highest BCUT2D eigenvalue weighted by atomic mass is 35.5. The van der Waals surface area contributed by atoms with Gasteiger partial charge in [0.05, 0.1) is 5.02 Å². The molecule has 0 aliphatic carbocycles. The van der Waals surface area contributed by atoms with E-state index in [1.165, 1.54) is 19.1 Å². The van der Waals surface area contributed by atoms with Gasteiger partial charge < -0.3 is 19.3 Å². The van der Waals surface area contributed by atoms with Crippen LogP contribution in [0.1, 0.15) is 12.5 Å². The fourth-order valence-electron chi connectivity index (χ4n) is 2.23. The zero-order chi connectivity index (χ0) is 16.6. The Kier molecular flexibility index (Phi) is 4.00. The Labute approximate surface area is 142 Å². The second-order valence-corrected chi connectivity index (χ2v) is 5.92. The molecule has 0 saturated heterocycles. The number of carboxylic acids is 1. The van der Waals surface area contributed by atoms with Gasteiger partial charge in [-0.1, -0.05) is 23.2 Å². The maximum Gasteiger partial charge on any atom is 0.352 e. The Balaban J connectivity index is 2.04. The second kappa shape index (κ2) is 5.83. The molecule has 1 atom stereocenters. The summed E-state index contributed by atoms with van der Waals surface area (Å²) in [4.78, 5) is 11.9. The van der Waals surface area contributed by atoms with Crippen molar-refractivity contribution in [1.29, 1.82) is 0 Å². The van der Waals surface area contributed by atoms with Crippen LogP contribution in [0.5, 0.6) is 17.2 Å². The first-order valence-corrected chi connectivity index (χ1v) is 7.43. The van der Waals surface area contributed by atoms with Crippen molar-refractivity contribution in [2.24, 2.45) is 0 Å². The lowest BCUT2D eigenvalue weighted by Crippen LogP contribution is -2.38. The van der Waals surface area contributed by atoms with E-state index in [-0.39, 0.29) is 17.4 Å². The number of fused-ring (bicyclic) bond motifs is 1. The number of aliphatic carboxylic acids is 1. The lowest BCUT2D eigenvalue weighted by Gasteiger charge is -2.28. The lowest BCUT2D eigenvalue weighted by atomic mass is 9.95. The number of hydrogen-bond donors (Lipinski definition) is 1. The normalized spacial score (nSPS) is 15.1. The molecule has 1 heterocycles. The van der Waals surface area contributed by atoms with E-state index in [0.29, 0.717) is 22.3 Å². The predicted octanol–water partition coefficient (Wildman–Crippen LogP) is 4.10. The molecule has 1 aliphatic rings. The molecule has 23 heavy (non-hydrogen) atoms. The Morgan fingerprint density at radius 2 is 1.78 bits per heavy atom. The molecule has 120 valence electrons. The van der Waals surface area contributed by atoms with Crippen LogP contribution in [0.25, 0.3) is 0 Å². The van der Waals surface area contributed by atoms with Crippen LogP contribution in [-0.4, -0.2) is 17.9 Å². The van der Waals surface area contributed by atoms with Gasteiger partial charge in [0.25, 0.3) is 0 Å². The summed E-state index contributed by atoms with van der Waals surface area (Å²) in [5.74, 6) is 0.0656. The monoisotopic (exact) mass is 354 g/mol. The maximum absolute atomic E-state index is 11.9. The molecule has 0 aromatic heterocycles. The van der Waals surface area contributed by atoms with Crippen LogP contribution < -0.4 is 14.2 Å². The van der Waals surface area contributed by atoms with Gasteiger partial charge in [-0.2, -0.15) is 0 Å². The topological polar surface area (TPSA) is 65.0 Å². The van der Waals surface area contributed by atoms with Crippen molar-refractivity contribution in [1.82, 2.24) is 0 Å². The highest BCUT2D eigenvalue weighted by Gasteiger charge is 2.41. The highest BCUT2D eigenvalue weighted by Crippen LogP contribution is 2.42. The quantitative estimate of drug-likeness (QED) is 0.895. The molecule has 2 aromatic carbocycles. The highest BCUT2D eigenvalue weighted by molar-refractivity contribution is 6.32. The molecular weight excluding hydrogens is 343 g/mol. The van der Waals surface area contributed by atoms with Crippen LogP contribution in [-0.2, 0) is 10.4 Å². The number of carbonyl (C=O) groups is 1.